The van der Waals surface area contributed by atoms with E-state index >= 15 is 0 Å². The van der Waals surface area contributed by atoms with Gasteiger partial charge >= 0.3 is 0 Å². The highest BCUT2D eigenvalue weighted by atomic mass is 14.0. The molecule has 0 heterocycles. The van der Waals surface area contributed by atoms with E-state index in [1.54, 1.807) is 0 Å². The van der Waals surface area contributed by atoms with Gasteiger partial charge < -0.3 is 0 Å². The molecule has 20 heavy (non-hydrogen) atoms. The summed E-state index contributed by atoms with van der Waals surface area (Å²) in [5.74, 6) is 0. The van der Waals surface area contributed by atoms with E-state index < -0.39 is 0 Å². The molecule has 0 spiro atoms. The van der Waals surface area contributed by atoms with Gasteiger partial charge in [-0.3, -0.25) is 0 Å². The molecule has 0 fully saturated rings. The second-order valence-electron chi connectivity index (χ2n) is 5.37. The van der Waals surface area contributed by atoms with Crippen LogP contribution in [0.2, 0.25) is 0 Å². The van der Waals surface area contributed by atoms with Crippen LogP contribution in [-0.2, 0) is 0 Å². The molecule has 0 radical (unpaired) electrons. The number of fused-ring (bicyclic) bond motifs is 1. The van der Waals surface area contributed by atoms with Crippen LogP contribution in [0, 0.1) is 27.7 Å². The molecule has 3 aromatic rings. The number of benzene rings is 3. The lowest BCUT2D eigenvalue weighted by Crippen LogP contribution is -1.86. The van der Waals surface area contributed by atoms with Crippen molar-refractivity contribution in [3.8, 4) is 0 Å². The lowest BCUT2D eigenvalue weighted by molar-refractivity contribution is 1.24. The van der Waals surface area contributed by atoms with Gasteiger partial charge in [0.15, 0.2) is 0 Å². The predicted molar refractivity (Wildman–Crippen MR) is 89.3 cm³/mol. The molecule has 0 aromatic heterocycles. The molecule has 0 saturated heterocycles. The van der Waals surface area contributed by atoms with Crippen LogP contribution < -0.4 is 0 Å². The van der Waals surface area contributed by atoms with E-state index in [4.69, 9.17) is 0 Å². The maximum Gasteiger partial charge on any atom is -0.0184 e. The molecule has 0 nitrogen and oxygen atoms in total. The van der Waals surface area contributed by atoms with Crippen molar-refractivity contribution in [3.63, 3.8) is 0 Å². The minimum absolute atomic E-state index is 1.31. The first-order valence-electron chi connectivity index (χ1n) is 7.06. The topological polar surface area (TPSA) is 0 Å². The van der Waals surface area contributed by atoms with E-state index in [2.05, 4.69) is 88.4 Å². The Balaban J connectivity index is 0.000000147. The maximum absolute atomic E-state index is 2.24. The number of hydrogen-bond acceptors (Lipinski definition) is 0. The van der Waals surface area contributed by atoms with Crippen LogP contribution in [0.5, 0.6) is 0 Å². The van der Waals surface area contributed by atoms with Crippen LogP contribution in [0.15, 0.2) is 60.7 Å². The van der Waals surface area contributed by atoms with Crippen molar-refractivity contribution in [1.82, 2.24) is 0 Å². The lowest BCUT2D eigenvalue weighted by atomic mass is 10.0. The third-order valence-electron chi connectivity index (χ3n) is 3.77. The molecule has 0 aliphatic carbocycles. The van der Waals surface area contributed by atoms with Crippen LogP contribution >= 0.6 is 0 Å². The zero-order valence-corrected chi connectivity index (χ0v) is 12.8. The molecule has 0 atom stereocenters. The fourth-order valence-electron chi connectivity index (χ4n) is 2.24. The largest absolute Gasteiger partial charge is 0.0616 e. The monoisotopic (exact) mass is 262 g/mol. The van der Waals surface area contributed by atoms with Crippen LogP contribution in [0.3, 0.4) is 0 Å². The normalized spacial score (nSPS) is 10.0. The van der Waals surface area contributed by atoms with Crippen molar-refractivity contribution in [1.29, 1.82) is 0 Å². The fourth-order valence-corrected chi connectivity index (χ4v) is 2.24. The molecule has 0 bridgehead atoms. The minimum atomic E-state index is 1.31. The molecule has 0 saturated carbocycles. The number of aryl methyl sites for hydroxylation is 4. The summed E-state index contributed by atoms with van der Waals surface area (Å²) >= 11 is 0. The molecule has 0 aliphatic rings. The van der Waals surface area contributed by atoms with Gasteiger partial charge in [0.05, 0.1) is 0 Å². The van der Waals surface area contributed by atoms with Crippen LogP contribution in [-0.4, -0.2) is 0 Å². The highest BCUT2D eigenvalue weighted by molar-refractivity contribution is 5.81. The van der Waals surface area contributed by atoms with Crippen molar-refractivity contribution in [2.24, 2.45) is 0 Å². The molecule has 0 amide bonds. The van der Waals surface area contributed by atoms with Gasteiger partial charge in [-0.2, -0.15) is 0 Å². The van der Waals surface area contributed by atoms with Gasteiger partial charge in [0.2, 0.25) is 0 Å². The van der Waals surface area contributed by atoms with Gasteiger partial charge in [0, 0.05) is 0 Å². The highest BCUT2D eigenvalue weighted by Gasteiger charge is 1.95. The molecule has 0 unspecified atom stereocenters. The summed E-state index contributed by atoms with van der Waals surface area (Å²) in [6.07, 6.45) is 0. The molecular formula is C20H22. The summed E-state index contributed by atoms with van der Waals surface area (Å²) in [6, 6.07) is 21.2. The summed E-state index contributed by atoms with van der Waals surface area (Å²) in [5, 5.41) is 2.62. The maximum atomic E-state index is 2.24. The first-order chi connectivity index (χ1) is 9.58. The van der Waals surface area contributed by atoms with E-state index in [0.29, 0.717) is 0 Å². The zero-order valence-electron chi connectivity index (χ0n) is 12.8. The second-order valence-corrected chi connectivity index (χ2v) is 5.37. The van der Waals surface area contributed by atoms with Gasteiger partial charge in [-0.1, -0.05) is 60.7 Å². The van der Waals surface area contributed by atoms with Crippen LogP contribution in [0.1, 0.15) is 22.3 Å². The van der Waals surface area contributed by atoms with Gasteiger partial charge in [-0.05, 0) is 60.7 Å². The lowest BCUT2D eigenvalue weighted by Gasteiger charge is -2.04. The molecule has 3 aromatic carbocycles. The Labute approximate surface area is 122 Å². The van der Waals surface area contributed by atoms with Gasteiger partial charge in [-0.25, -0.2) is 0 Å². The SMILES string of the molecule is Cc1cc(C)c(C)cc1C.c1ccc2ccccc2c1. The van der Waals surface area contributed by atoms with Gasteiger partial charge in [0.25, 0.3) is 0 Å². The fraction of sp³-hybridized carbons (Fsp3) is 0.200. The summed E-state index contributed by atoms with van der Waals surface area (Å²) in [4.78, 5) is 0. The van der Waals surface area contributed by atoms with Crippen molar-refractivity contribution >= 4 is 10.8 Å². The Kier molecular flexibility index (Phi) is 4.57. The standard InChI is InChI=1S/C10H8.C10H14/c1-2-6-10-8-4-3-7-9(10)5-1;1-7-5-9(3)10(4)6-8(7)2/h1-8H;5-6H,1-4H3. The Morgan fingerprint density at radius 1 is 0.450 bits per heavy atom. The molecule has 0 heteroatoms. The molecule has 0 aliphatic heterocycles. The predicted octanol–water partition coefficient (Wildman–Crippen LogP) is 5.76. The van der Waals surface area contributed by atoms with E-state index in [1.165, 1.54) is 33.0 Å². The summed E-state index contributed by atoms with van der Waals surface area (Å²) in [5.41, 5.74) is 5.57. The summed E-state index contributed by atoms with van der Waals surface area (Å²) in [6.45, 7) is 8.62. The Hall–Kier alpha value is -2.08. The van der Waals surface area contributed by atoms with Crippen molar-refractivity contribution in [3.05, 3.63) is 82.9 Å². The van der Waals surface area contributed by atoms with Crippen molar-refractivity contribution in [2.45, 2.75) is 27.7 Å². The van der Waals surface area contributed by atoms with Crippen molar-refractivity contribution in [2.75, 3.05) is 0 Å². The van der Waals surface area contributed by atoms with Crippen LogP contribution in [0.25, 0.3) is 10.8 Å². The van der Waals surface area contributed by atoms with E-state index in [-0.39, 0.29) is 0 Å². The minimum Gasteiger partial charge on any atom is -0.0616 e. The Morgan fingerprint density at radius 2 is 0.700 bits per heavy atom. The van der Waals surface area contributed by atoms with E-state index in [0.717, 1.165) is 0 Å². The average Bonchev–Trinajstić information content (AvgIpc) is 2.46. The molecule has 102 valence electrons. The average molecular weight is 262 g/mol. The number of hydrogen-bond donors (Lipinski definition) is 0. The Bertz CT molecular complexity index is 593. The zero-order chi connectivity index (χ0) is 14.5. The molecule has 0 N–H and O–H groups in total. The summed E-state index contributed by atoms with van der Waals surface area (Å²) < 4.78 is 0. The smallest absolute Gasteiger partial charge is 0.0184 e. The first kappa shape index (κ1) is 14.3. The third kappa shape index (κ3) is 3.48. The second kappa shape index (κ2) is 6.38. The highest BCUT2D eigenvalue weighted by Crippen LogP contribution is 2.13. The van der Waals surface area contributed by atoms with Crippen LogP contribution in [0.4, 0.5) is 0 Å². The molecule has 3 rings (SSSR count). The van der Waals surface area contributed by atoms with Gasteiger partial charge in [-0.15, -0.1) is 0 Å². The van der Waals surface area contributed by atoms with E-state index in [9.17, 15) is 0 Å². The quantitative estimate of drug-likeness (QED) is 0.483. The molecular weight excluding hydrogens is 240 g/mol. The van der Waals surface area contributed by atoms with E-state index in [1.807, 2.05) is 0 Å². The third-order valence-corrected chi connectivity index (χ3v) is 3.77. The summed E-state index contributed by atoms with van der Waals surface area (Å²) in [7, 11) is 0. The van der Waals surface area contributed by atoms with Crippen molar-refractivity contribution < 1.29 is 0 Å². The van der Waals surface area contributed by atoms with Gasteiger partial charge in [0.1, 0.15) is 0 Å². The Morgan fingerprint density at radius 3 is 0.950 bits per heavy atom. The number of rotatable bonds is 0. The first-order valence-corrected chi connectivity index (χ1v) is 7.06.